The molecule has 68 valence electrons. The van der Waals surface area contributed by atoms with Crippen LogP contribution in [0.2, 0.25) is 0 Å². The molecule has 0 atom stereocenters. The van der Waals surface area contributed by atoms with Crippen LogP contribution in [0.25, 0.3) is 10.6 Å². The highest BCUT2D eigenvalue weighted by molar-refractivity contribution is 7.15. The first-order valence-electron chi connectivity index (χ1n) is 3.84. The molecular weight excluding hydrogens is 198 g/mol. The first kappa shape index (κ1) is 8.66. The van der Waals surface area contributed by atoms with Crippen molar-refractivity contribution in [2.24, 2.45) is 0 Å². The summed E-state index contributed by atoms with van der Waals surface area (Å²) in [4.78, 5) is 18.8. The highest BCUT2D eigenvalue weighted by atomic mass is 32.1. The Morgan fingerprint density at radius 2 is 2.29 bits per heavy atom. The molecule has 2 aromatic rings. The summed E-state index contributed by atoms with van der Waals surface area (Å²) in [6.07, 6.45) is 2.77. The topological polar surface area (TPSA) is 69.5 Å². The summed E-state index contributed by atoms with van der Waals surface area (Å²) in [5.74, 6) is 0. The number of H-pyrrole nitrogens is 1. The maximum absolute atomic E-state index is 11.0. The van der Waals surface area contributed by atoms with E-state index < -0.39 is 0 Å². The summed E-state index contributed by atoms with van der Waals surface area (Å²) < 4.78 is 0. The molecule has 1 N–H and O–H groups in total. The molecule has 0 amide bonds. The van der Waals surface area contributed by atoms with E-state index in [4.69, 9.17) is 5.26 Å². The Morgan fingerprint density at radius 3 is 2.93 bits per heavy atom. The third-order valence-electron chi connectivity index (χ3n) is 1.63. The van der Waals surface area contributed by atoms with Crippen LogP contribution in [-0.4, -0.2) is 9.97 Å². The van der Waals surface area contributed by atoms with E-state index >= 15 is 0 Å². The average molecular weight is 203 g/mol. The molecule has 2 aromatic heterocycles. The number of nitrogens with one attached hydrogen (secondary N) is 1. The fraction of sp³-hybridized carbons (Fsp3) is 0. The molecule has 14 heavy (non-hydrogen) atoms. The Labute approximate surface area is 83.5 Å². The highest BCUT2D eigenvalue weighted by Crippen LogP contribution is 2.24. The van der Waals surface area contributed by atoms with E-state index in [9.17, 15) is 4.79 Å². The van der Waals surface area contributed by atoms with Crippen LogP contribution >= 0.6 is 11.3 Å². The van der Waals surface area contributed by atoms with E-state index in [1.54, 1.807) is 18.3 Å². The fourth-order valence-corrected chi connectivity index (χ4v) is 1.81. The number of rotatable bonds is 1. The molecule has 2 heterocycles. The standard InChI is InChI=1S/C9H5N3OS/c10-3-6-1-2-8(14-6)7-4-11-5-9(13)12-7/h1-2,4-5H,(H,12,13). The number of hydrogen-bond acceptors (Lipinski definition) is 4. The fourth-order valence-electron chi connectivity index (χ4n) is 1.04. The molecule has 0 bridgehead atoms. The zero-order valence-corrected chi connectivity index (χ0v) is 7.84. The van der Waals surface area contributed by atoms with E-state index in [1.165, 1.54) is 17.5 Å². The lowest BCUT2D eigenvalue weighted by atomic mass is 10.3. The lowest BCUT2D eigenvalue weighted by Gasteiger charge is -1.93. The van der Waals surface area contributed by atoms with Gasteiger partial charge >= 0.3 is 0 Å². The minimum atomic E-state index is -0.241. The molecule has 0 aliphatic rings. The maximum Gasteiger partial charge on any atom is 0.266 e. The van der Waals surface area contributed by atoms with Crippen LogP contribution in [0.4, 0.5) is 0 Å². The predicted molar refractivity (Wildman–Crippen MR) is 52.9 cm³/mol. The van der Waals surface area contributed by atoms with Crippen molar-refractivity contribution in [3.63, 3.8) is 0 Å². The Morgan fingerprint density at radius 1 is 1.43 bits per heavy atom. The molecule has 0 radical (unpaired) electrons. The van der Waals surface area contributed by atoms with E-state index in [0.717, 1.165) is 4.88 Å². The Balaban J connectivity index is 2.50. The van der Waals surface area contributed by atoms with Gasteiger partial charge in [0.15, 0.2) is 0 Å². The van der Waals surface area contributed by atoms with Gasteiger partial charge in [-0.05, 0) is 12.1 Å². The summed E-state index contributed by atoms with van der Waals surface area (Å²) in [6.45, 7) is 0. The van der Waals surface area contributed by atoms with Crippen LogP contribution in [-0.2, 0) is 0 Å². The third kappa shape index (κ3) is 1.56. The van der Waals surface area contributed by atoms with Crippen molar-refractivity contribution in [2.45, 2.75) is 0 Å². The molecule has 2 rings (SSSR count). The first-order valence-corrected chi connectivity index (χ1v) is 4.66. The molecule has 0 aromatic carbocycles. The zero-order valence-electron chi connectivity index (χ0n) is 7.02. The predicted octanol–water partition coefficient (Wildman–Crippen LogP) is 1.37. The van der Waals surface area contributed by atoms with Crippen molar-refractivity contribution in [3.05, 3.63) is 39.8 Å². The Kier molecular flexibility index (Phi) is 2.13. The minimum absolute atomic E-state index is 0.241. The van der Waals surface area contributed by atoms with Gasteiger partial charge in [0, 0.05) is 0 Å². The van der Waals surface area contributed by atoms with Gasteiger partial charge in [0.05, 0.1) is 23.0 Å². The molecule has 0 aliphatic heterocycles. The van der Waals surface area contributed by atoms with E-state index in [1.807, 2.05) is 6.07 Å². The number of thiophene rings is 1. The maximum atomic E-state index is 11.0. The van der Waals surface area contributed by atoms with Crippen LogP contribution in [0.3, 0.4) is 0 Å². The monoisotopic (exact) mass is 203 g/mol. The van der Waals surface area contributed by atoms with Gasteiger partial charge in [-0.15, -0.1) is 11.3 Å². The molecule has 0 unspecified atom stereocenters. The number of nitrogens with zero attached hydrogens (tertiary/aromatic N) is 2. The number of nitriles is 1. The smallest absolute Gasteiger partial charge is 0.266 e. The molecule has 4 nitrogen and oxygen atoms in total. The number of hydrogen-bond donors (Lipinski definition) is 1. The van der Waals surface area contributed by atoms with Gasteiger partial charge in [-0.3, -0.25) is 9.78 Å². The van der Waals surface area contributed by atoms with Crippen molar-refractivity contribution < 1.29 is 0 Å². The van der Waals surface area contributed by atoms with E-state index in [-0.39, 0.29) is 5.56 Å². The summed E-state index contributed by atoms with van der Waals surface area (Å²) in [6, 6.07) is 5.54. The van der Waals surface area contributed by atoms with Crippen molar-refractivity contribution in [1.82, 2.24) is 9.97 Å². The van der Waals surface area contributed by atoms with E-state index in [0.29, 0.717) is 10.6 Å². The summed E-state index contributed by atoms with van der Waals surface area (Å²) in [7, 11) is 0. The summed E-state index contributed by atoms with van der Waals surface area (Å²) in [5, 5.41) is 8.63. The Hall–Kier alpha value is -1.93. The molecule has 0 saturated carbocycles. The van der Waals surface area contributed by atoms with Gasteiger partial charge in [-0.25, -0.2) is 0 Å². The average Bonchev–Trinajstić information content (AvgIpc) is 2.66. The molecule has 0 aliphatic carbocycles. The lowest BCUT2D eigenvalue weighted by molar-refractivity contribution is 1.15. The quantitative estimate of drug-likeness (QED) is 0.761. The Bertz CT molecular complexity index is 549. The first-order chi connectivity index (χ1) is 6.79. The molecule has 0 saturated heterocycles. The van der Waals surface area contributed by atoms with Gasteiger partial charge in [0.25, 0.3) is 5.56 Å². The van der Waals surface area contributed by atoms with Gasteiger partial charge in [-0.1, -0.05) is 0 Å². The van der Waals surface area contributed by atoms with Crippen LogP contribution in [0, 0.1) is 11.3 Å². The molecular formula is C9H5N3OS. The minimum Gasteiger partial charge on any atom is -0.319 e. The molecule has 0 fully saturated rings. The summed E-state index contributed by atoms with van der Waals surface area (Å²) in [5.41, 5.74) is 0.401. The largest absolute Gasteiger partial charge is 0.319 e. The third-order valence-corrected chi connectivity index (χ3v) is 2.66. The normalized spacial score (nSPS) is 9.64. The van der Waals surface area contributed by atoms with Gasteiger partial charge in [0.2, 0.25) is 0 Å². The second-order valence-corrected chi connectivity index (χ2v) is 3.67. The van der Waals surface area contributed by atoms with Crippen molar-refractivity contribution >= 4 is 11.3 Å². The van der Waals surface area contributed by atoms with Crippen LogP contribution < -0.4 is 5.56 Å². The van der Waals surface area contributed by atoms with Crippen molar-refractivity contribution in [3.8, 4) is 16.6 Å². The zero-order chi connectivity index (χ0) is 9.97. The molecule has 0 spiro atoms. The molecule has 5 heteroatoms. The second-order valence-electron chi connectivity index (χ2n) is 2.59. The number of aromatic nitrogens is 2. The van der Waals surface area contributed by atoms with Crippen LogP contribution in [0.5, 0.6) is 0 Å². The summed E-state index contributed by atoms with van der Waals surface area (Å²) >= 11 is 1.32. The van der Waals surface area contributed by atoms with Crippen molar-refractivity contribution in [1.29, 1.82) is 5.26 Å². The van der Waals surface area contributed by atoms with Crippen molar-refractivity contribution in [2.75, 3.05) is 0 Å². The van der Waals surface area contributed by atoms with Crippen LogP contribution in [0.1, 0.15) is 4.88 Å². The second kappa shape index (κ2) is 3.44. The highest BCUT2D eigenvalue weighted by Gasteiger charge is 2.02. The number of aromatic amines is 1. The van der Waals surface area contributed by atoms with Gasteiger partial charge in [0.1, 0.15) is 10.9 Å². The van der Waals surface area contributed by atoms with Crippen LogP contribution in [0.15, 0.2) is 29.3 Å². The van der Waals surface area contributed by atoms with Gasteiger partial charge in [-0.2, -0.15) is 5.26 Å². The SMILES string of the molecule is N#Cc1ccc(-c2cncc(=O)[nH]2)s1. The van der Waals surface area contributed by atoms with Gasteiger partial charge < -0.3 is 4.98 Å². The lowest BCUT2D eigenvalue weighted by Crippen LogP contribution is -2.04. The van der Waals surface area contributed by atoms with E-state index in [2.05, 4.69) is 9.97 Å².